The average Bonchev–Trinajstić information content (AvgIpc) is 2.45. The van der Waals surface area contributed by atoms with Gasteiger partial charge in [0.1, 0.15) is 5.82 Å². The lowest BCUT2D eigenvalue weighted by molar-refractivity contribution is 0.624. The van der Waals surface area contributed by atoms with Gasteiger partial charge in [-0.05, 0) is 30.7 Å². The fourth-order valence-corrected chi connectivity index (χ4v) is 1.18. The van der Waals surface area contributed by atoms with Crippen LogP contribution in [0.2, 0.25) is 0 Å². The maximum absolute atomic E-state index is 13.2. The molecule has 0 aromatic carbocycles. The molecule has 0 unspecified atom stereocenters. The van der Waals surface area contributed by atoms with Crippen molar-refractivity contribution in [2.45, 2.75) is 6.92 Å². The van der Waals surface area contributed by atoms with Crippen molar-refractivity contribution in [3.63, 3.8) is 0 Å². The van der Waals surface area contributed by atoms with Crippen LogP contribution in [0.25, 0.3) is 5.52 Å². The first-order valence-electron chi connectivity index (χ1n) is 3.51. The van der Waals surface area contributed by atoms with Crippen LogP contribution in [-0.4, -0.2) is 4.40 Å². The standard InChI is InChI=1S/C9H8FN/c1-7-4-6-11-5-2-3-8(11)9(7)10/h2-6H,1H3. The van der Waals surface area contributed by atoms with Gasteiger partial charge >= 0.3 is 0 Å². The molecule has 2 rings (SSSR count). The molecule has 0 bridgehead atoms. The fourth-order valence-electron chi connectivity index (χ4n) is 1.18. The van der Waals surface area contributed by atoms with E-state index in [0.29, 0.717) is 11.1 Å². The van der Waals surface area contributed by atoms with Crippen LogP contribution in [0.1, 0.15) is 5.56 Å². The minimum atomic E-state index is -0.127. The molecule has 0 saturated carbocycles. The van der Waals surface area contributed by atoms with Gasteiger partial charge in [-0.1, -0.05) is 0 Å². The van der Waals surface area contributed by atoms with Crippen molar-refractivity contribution in [2.75, 3.05) is 0 Å². The number of nitrogens with zero attached hydrogens (tertiary/aromatic N) is 1. The van der Waals surface area contributed by atoms with E-state index in [4.69, 9.17) is 0 Å². The first-order valence-corrected chi connectivity index (χ1v) is 3.51. The molecule has 2 aromatic heterocycles. The van der Waals surface area contributed by atoms with Crippen LogP contribution in [0.5, 0.6) is 0 Å². The predicted molar refractivity (Wildman–Crippen MR) is 42.1 cm³/mol. The van der Waals surface area contributed by atoms with Crippen molar-refractivity contribution in [2.24, 2.45) is 0 Å². The first kappa shape index (κ1) is 6.40. The summed E-state index contributed by atoms with van der Waals surface area (Å²) in [7, 11) is 0. The molecular weight excluding hydrogens is 141 g/mol. The zero-order valence-electron chi connectivity index (χ0n) is 6.21. The molecule has 0 atom stereocenters. The lowest BCUT2D eigenvalue weighted by Gasteiger charge is -1.98. The van der Waals surface area contributed by atoms with E-state index in [0.717, 1.165) is 0 Å². The van der Waals surface area contributed by atoms with E-state index in [9.17, 15) is 4.39 Å². The Balaban J connectivity index is 2.93. The Morgan fingerprint density at radius 2 is 2.09 bits per heavy atom. The molecule has 0 aliphatic carbocycles. The highest BCUT2D eigenvalue weighted by Gasteiger charge is 2.01. The van der Waals surface area contributed by atoms with E-state index >= 15 is 0 Å². The highest BCUT2D eigenvalue weighted by molar-refractivity contribution is 5.50. The van der Waals surface area contributed by atoms with Crippen LogP contribution in [0, 0.1) is 12.7 Å². The van der Waals surface area contributed by atoms with Gasteiger partial charge in [-0.15, -0.1) is 0 Å². The number of fused-ring (bicyclic) bond motifs is 1. The second-order valence-corrected chi connectivity index (χ2v) is 2.61. The molecule has 56 valence electrons. The minimum absolute atomic E-state index is 0.127. The third-order valence-corrected chi connectivity index (χ3v) is 1.84. The van der Waals surface area contributed by atoms with Crippen molar-refractivity contribution >= 4 is 5.52 Å². The molecule has 2 heteroatoms. The summed E-state index contributed by atoms with van der Waals surface area (Å²) in [6.45, 7) is 1.77. The summed E-state index contributed by atoms with van der Waals surface area (Å²) in [6, 6.07) is 5.36. The van der Waals surface area contributed by atoms with Crippen LogP contribution < -0.4 is 0 Å². The van der Waals surface area contributed by atoms with Gasteiger partial charge in [0.15, 0.2) is 0 Å². The Bertz CT molecular complexity index is 389. The Labute approximate surface area is 64.1 Å². The van der Waals surface area contributed by atoms with Crippen molar-refractivity contribution in [3.05, 3.63) is 42.0 Å². The van der Waals surface area contributed by atoms with Gasteiger partial charge in [0.05, 0.1) is 5.52 Å². The topological polar surface area (TPSA) is 4.41 Å². The van der Waals surface area contributed by atoms with Crippen molar-refractivity contribution in [1.29, 1.82) is 0 Å². The lowest BCUT2D eigenvalue weighted by atomic mass is 10.2. The van der Waals surface area contributed by atoms with E-state index in [2.05, 4.69) is 0 Å². The van der Waals surface area contributed by atoms with Crippen LogP contribution in [0.3, 0.4) is 0 Å². The molecule has 0 saturated heterocycles. The molecule has 1 nitrogen and oxygen atoms in total. The highest BCUT2D eigenvalue weighted by Crippen LogP contribution is 2.13. The third kappa shape index (κ3) is 0.827. The second-order valence-electron chi connectivity index (χ2n) is 2.61. The Morgan fingerprint density at radius 1 is 1.27 bits per heavy atom. The van der Waals surface area contributed by atoms with Gasteiger partial charge in [-0.2, -0.15) is 0 Å². The fraction of sp³-hybridized carbons (Fsp3) is 0.111. The summed E-state index contributed by atoms with van der Waals surface area (Å²) in [5, 5.41) is 0. The van der Waals surface area contributed by atoms with Gasteiger partial charge in [-0.25, -0.2) is 4.39 Å². The summed E-state index contributed by atoms with van der Waals surface area (Å²) in [5.41, 5.74) is 1.33. The number of aromatic nitrogens is 1. The molecule has 0 fully saturated rings. The summed E-state index contributed by atoms with van der Waals surface area (Å²) < 4.78 is 15.0. The van der Waals surface area contributed by atoms with E-state index in [1.165, 1.54) is 0 Å². The molecular formula is C9H8FN. The van der Waals surface area contributed by atoms with Gasteiger partial charge in [0.2, 0.25) is 0 Å². The number of pyridine rings is 1. The van der Waals surface area contributed by atoms with Crippen LogP contribution in [0.15, 0.2) is 30.6 Å². The number of hydrogen-bond donors (Lipinski definition) is 0. The molecule has 2 heterocycles. The SMILES string of the molecule is Cc1ccn2cccc2c1F. The summed E-state index contributed by atoms with van der Waals surface area (Å²) in [4.78, 5) is 0. The second kappa shape index (κ2) is 2.09. The molecule has 2 aromatic rings. The number of rotatable bonds is 0. The van der Waals surface area contributed by atoms with Gasteiger partial charge < -0.3 is 4.40 Å². The number of aryl methyl sites for hydroxylation is 1. The summed E-state index contributed by atoms with van der Waals surface area (Å²) in [5.74, 6) is -0.127. The first-order chi connectivity index (χ1) is 5.29. The molecule has 0 aliphatic heterocycles. The van der Waals surface area contributed by atoms with E-state index < -0.39 is 0 Å². The summed E-state index contributed by atoms with van der Waals surface area (Å²) in [6.07, 6.45) is 3.69. The molecule has 0 aliphatic rings. The normalized spacial score (nSPS) is 10.7. The Morgan fingerprint density at radius 3 is 2.91 bits per heavy atom. The highest BCUT2D eigenvalue weighted by atomic mass is 19.1. The predicted octanol–water partition coefficient (Wildman–Crippen LogP) is 2.39. The number of hydrogen-bond acceptors (Lipinski definition) is 0. The van der Waals surface area contributed by atoms with Crippen molar-refractivity contribution < 1.29 is 4.39 Å². The van der Waals surface area contributed by atoms with Gasteiger partial charge in [-0.3, -0.25) is 0 Å². The lowest BCUT2D eigenvalue weighted by Crippen LogP contribution is -1.88. The number of halogens is 1. The van der Waals surface area contributed by atoms with E-state index in [1.807, 2.05) is 18.5 Å². The largest absolute Gasteiger partial charge is 0.321 e. The molecule has 0 spiro atoms. The zero-order chi connectivity index (χ0) is 7.84. The van der Waals surface area contributed by atoms with Crippen LogP contribution >= 0.6 is 0 Å². The Hall–Kier alpha value is -1.31. The Kier molecular flexibility index (Phi) is 1.22. The van der Waals surface area contributed by atoms with E-state index in [-0.39, 0.29) is 5.82 Å². The van der Waals surface area contributed by atoms with E-state index in [1.54, 1.807) is 23.5 Å². The van der Waals surface area contributed by atoms with Crippen LogP contribution in [0.4, 0.5) is 4.39 Å². The van der Waals surface area contributed by atoms with Crippen LogP contribution in [-0.2, 0) is 0 Å². The minimum Gasteiger partial charge on any atom is -0.321 e. The maximum atomic E-state index is 13.2. The maximum Gasteiger partial charge on any atom is 0.150 e. The molecule has 0 N–H and O–H groups in total. The average molecular weight is 149 g/mol. The smallest absolute Gasteiger partial charge is 0.150 e. The molecule has 0 radical (unpaired) electrons. The van der Waals surface area contributed by atoms with Crippen molar-refractivity contribution in [3.8, 4) is 0 Å². The quantitative estimate of drug-likeness (QED) is 0.541. The monoisotopic (exact) mass is 149 g/mol. The van der Waals surface area contributed by atoms with Gasteiger partial charge in [0, 0.05) is 12.4 Å². The van der Waals surface area contributed by atoms with Gasteiger partial charge in [0.25, 0.3) is 0 Å². The molecule has 0 amide bonds. The van der Waals surface area contributed by atoms with Crippen molar-refractivity contribution in [1.82, 2.24) is 4.40 Å². The zero-order valence-corrected chi connectivity index (χ0v) is 6.21. The summed E-state index contributed by atoms with van der Waals surface area (Å²) >= 11 is 0. The third-order valence-electron chi connectivity index (χ3n) is 1.84. The molecule has 11 heavy (non-hydrogen) atoms.